The minimum atomic E-state index is -3.82. The minimum absolute atomic E-state index is 0.0506. The Bertz CT molecular complexity index is 924. The first kappa shape index (κ1) is 17.9. The smallest absolute Gasteiger partial charge is 0.240 e. The maximum Gasteiger partial charge on any atom is 0.240 e. The third kappa shape index (κ3) is 3.85. The van der Waals surface area contributed by atoms with Crippen LogP contribution >= 0.6 is 11.6 Å². The van der Waals surface area contributed by atoms with E-state index in [0.29, 0.717) is 21.8 Å². The fraction of sp³-hybridized carbons (Fsp3) is 0.235. The van der Waals surface area contributed by atoms with Crippen molar-refractivity contribution >= 4 is 33.2 Å². The molecule has 3 rings (SSSR count). The Morgan fingerprint density at radius 1 is 1.24 bits per heavy atom. The van der Waals surface area contributed by atoms with E-state index in [-0.39, 0.29) is 23.8 Å². The molecule has 1 amide bonds. The summed E-state index contributed by atoms with van der Waals surface area (Å²) in [4.78, 5) is 11.4. The second-order valence-corrected chi connectivity index (χ2v) is 8.35. The molecular formula is C17H17ClN2O4S. The summed E-state index contributed by atoms with van der Waals surface area (Å²) in [5.41, 5.74) is 0.407. The van der Waals surface area contributed by atoms with Gasteiger partial charge in [-0.25, -0.2) is 13.1 Å². The van der Waals surface area contributed by atoms with Crippen molar-refractivity contribution in [3.8, 4) is 0 Å². The molecule has 6 nitrogen and oxygen atoms in total. The molecule has 1 unspecified atom stereocenters. The maximum absolute atomic E-state index is 12.5. The second-order valence-electron chi connectivity index (χ2n) is 6.15. The lowest BCUT2D eigenvalue weighted by Gasteiger charge is -2.24. The highest BCUT2D eigenvalue weighted by atomic mass is 35.5. The number of carbonyl (C=O) groups excluding carboxylic acids is 1. The van der Waals surface area contributed by atoms with Crippen molar-refractivity contribution in [2.75, 3.05) is 11.9 Å². The van der Waals surface area contributed by atoms with E-state index in [1.807, 2.05) is 0 Å². The topological polar surface area (TPSA) is 95.5 Å². The molecule has 8 heteroatoms. The van der Waals surface area contributed by atoms with E-state index in [9.17, 15) is 18.3 Å². The molecule has 0 bridgehead atoms. The van der Waals surface area contributed by atoms with Crippen LogP contribution in [0.1, 0.15) is 18.1 Å². The highest BCUT2D eigenvalue weighted by Crippen LogP contribution is 2.26. The molecule has 1 atom stereocenters. The zero-order chi connectivity index (χ0) is 18.2. The largest absolute Gasteiger partial charge is 0.384 e. The Morgan fingerprint density at radius 3 is 2.60 bits per heavy atom. The van der Waals surface area contributed by atoms with E-state index >= 15 is 0 Å². The Balaban J connectivity index is 1.77. The van der Waals surface area contributed by atoms with Crippen LogP contribution in [-0.2, 0) is 26.8 Å². The van der Waals surface area contributed by atoms with Crippen LogP contribution in [0.5, 0.6) is 0 Å². The molecule has 0 fully saturated rings. The lowest BCUT2D eigenvalue weighted by molar-refractivity contribution is -0.115. The summed E-state index contributed by atoms with van der Waals surface area (Å²) in [6, 6.07) is 11.0. The van der Waals surface area contributed by atoms with Gasteiger partial charge >= 0.3 is 0 Å². The van der Waals surface area contributed by atoms with Crippen LogP contribution in [0.2, 0.25) is 5.02 Å². The molecule has 1 aliphatic rings. The Hall–Kier alpha value is -1.93. The SMILES string of the molecule is CC(O)(CNS(=O)(=O)c1ccc2c(c1)CC(=O)N2)c1ccc(Cl)cc1. The van der Waals surface area contributed by atoms with Gasteiger partial charge in [-0.3, -0.25) is 4.79 Å². The van der Waals surface area contributed by atoms with Crippen molar-refractivity contribution in [3.05, 3.63) is 58.6 Å². The molecule has 132 valence electrons. The number of hydrogen-bond acceptors (Lipinski definition) is 4. The lowest BCUT2D eigenvalue weighted by atomic mass is 9.97. The van der Waals surface area contributed by atoms with Gasteiger partial charge in [-0.05, 0) is 48.4 Å². The van der Waals surface area contributed by atoms with Crippen LogP contribution in [0.15, 0.2) is 47.4 Å². The lowest BCUT2D eigenvalue weighted by Crippen LogP contribution is -2.38. The van der Waals surface area contributed by atoms with Gasteiger partial charge in [-0.1, -0.05) is 23.7 Å². The van der Waals surface area contributed by atoms with Gasteiger partial charge in [-0.15, -0.1) is 0 Å². The number of carbonyl (C=O) groups is 1. The van der Waals surface area contributed by atoms with E-state index in [4.69, 9.17) is 11.6 Å². The van der Waals surface area contributed by atoms with Gasteiger partial charge in [-0.2, -0.15) is 0 Å². The summed E-state index contributed by atoms with van der Waals surface area (Å²) < 4.78 is 27.4. The van der Waals surface area contributed by atoms with E-state index in [1.54, 1.807) is 30.3 Å². The van der Waals surface area contributed by atoms with E-state index in [0.717, 1.165) is 0 Å². The van der Waals surface area contributed by atoms with E-state index < -0.39 is 15.6 Å². The minimum Gasteiger partial charge on any atom is -0.384 e. The maximum atomic E-state index is 12.5. The van der Waals surface area contributed by atoms with Gasteiger partial charge in [0.05, 0.1) is 11.3 Å². The van der Waals surface area contributed by atoms with Crippen LogP contribution in [0, 0.1) is 0 Å². The van der Waals surface area contributed by atoms with Crippen LogP contribution < -0.4 is 10.0 Å². The average Bonchev–Trinajstić information content (AvgIpc) is 2.93. The molecule has 3 N–H and O–H groups in total. The third-order valence-electron chi connectivity index (χ3n) is 4.08. The fourth-order valence-electron chi connectivity index (χ4n) is 2.60. The molecule has 0 aliphatic carbocycles. The molecule has 0 spiro atoms. The number of amides is 1. The Kier molecular flexibility index (Phi) is 4.59. The van der Waals surface area contributed by atoms with Gasteiger partial charge < -0.3 is 10.4 Å². The third-order valence-corrected chi connectivity index (χ3v) is 5.74. The van der Waals surface area contributed by atoms with Gasteiger partial charge in [0.25, 0.3) is 0 Å². The standard InChI is InChI=1S/C17H17ClN2O4S/c1-17(22,12-2-4-13(18)5-3-12)10-19-25(23,24)14-6-7-15-11(8-14)9-16(21)20-15/h2-8,19,22H,9-10H2,1H3,(H,20,21). The fourth-order valence-corrected chi connectivity index (χ4v) is 3.91. The molecule has 0 radical (unpaired) electrons. The second kappa shape index (κ2) is 6.42. The molecule has 1 heterocycles. The van der Waals surface area contributed by atoms with Gasteiger partial charge in [0, 0.05) is 17.3 Å². The van der Waals surface area contributed by atoms with Crippen LogP contribution in [-0.4, -0.2) is 26.0 Å². The van der Waals surface area contributed by atoms with E-state index in [1.165, 1.54) is 19.1 Å². The first-order valence-corrected chi connectivity index (χ1v) is 9.44. The van der Waals surface area contributed by atoms with Crippen molar-refractivity contribution in [1.82, 2.24) is 4.72 Å². The van der Waals surface area contributed by atoms with Crippen LogP contribution in [0.4, 0.5) is 5.69 Å². The van der Waals surface area contributed by atoms with Crippen LogP contribution in [0.3, 0.4) is 0 Å². The molecule has 25 heavy (non-hydrogen) atoms. The van der Waals surface area contributed by atoms with Crippen molar-refractivity contribution in [1.29, 1.82) is 0 Å². The summed E-state index contributed by atoms with van der Waals surface area (Å²) >= 11 is 5.83. The number of aliphatic hydroxyl groups is 1. The normalized spacial score (nSPS) is 16.2. The zero-order valence-electron chi connectivity index (χ0n) is 13.4. The molecule has 0 saturated heterocycles. The van der Waals surface area contributed by atoms with Crippen molar-refractivity contribution < 1.29 is 18.3 Å². The van der Waals surface area contributed by atoms with Gasteiger partial charge in [0.1, 0.15) is 5.60 Å². The van der Waals surface area contributed by atoms with Gasteiger partial charge in [0.2, 0.25) is 15.9 Å². The molecule has 1 aliphatic heterocycles. The number of halogens is 1. The van der Waals surface area contributed by atoms with Gasteiger partial charge in [0.15, 0.2) is 0 Å². The highest BCUT2D eigenvalue weighted by molar-refractivity contribution is 7.89. The van der Waals surface area contributed by atoms with Crippen LogP contribution in [0.25, 0.3) is 0 Å². The van der Waals surface area contributed by atoms with Crippen molar-refractivity contribution in [3.63, 3.8) is 0 Å². The molecule has 0 saturated carbocycles. The number of sulfonamides is 1. The first-order chi connectivity index (χ1) is 11.7. The Labute approximate surface area is 150 Å². The summed E-state index contributed by atoms with van der Waals surface area (Å²) in [6.45, 7) is 1.31. The monoisotopic (exact) mass is 380 g/mol. The van der Waals surface area contributed by atoms with E-state index in [2.05, 4.69) is 10.0 Å². The van der Waals surface area contributed by atoms with Crippen molar-refractivity contribution in [2.24, 2.45) is 0 Å². The summed E-state index contributed by atoms with van der Waals surface area (Å²) in [7, 11) is -3.82. The molecule has 0 aromatic heterocycles. The predicted octanol–water partition coefficient (Wildman–Crippen LogP) is 2.02. The summed E-state index contributed by atoms with van der Waals surface area (Å²) in [5.74, 6) is -0.164. The van der Waals surface area contributed by atoms with Crippen molar-refractivity contribution in [2.45, 2.75) is 23.8 Å². The molecule has 2 aromatic carbocycles. The zero-order valence-corrected chi connectivity index (χ0v) is 15.0. The number of fused-ring (bicyclic) bond motifs is 1. The summed E-state index contributed by atoms with van der Waals surface area (Å²) in [6.07, 6.45) is 0.154. The quantitative estimate of drug-likeness (QED) is 0.739. The first-order valence-electron chi connectivity index (χ1n) is 7.58. The number of benzene rings is 2. The molecular weight excluding hydrogens is 364 g/mol. The summed E-state index contributed by atoms with van der Waals surface area (Å²) in [5, 5.41) is 13.7. The number of nitrogens with one attached hydrogen (secondary N) is 2. The molecule has 2 aromatic rings. The average molecular weight is 381 g/mol. The number of hydrogen-bond donors (Lipinski definition) is 3. The Morgan fingerprint density at radius 2 is 1.92 bits per heavy atom. The number of rotatable bonds is 5. The number of anilines is 1. The highest BCUT2D eigenvalue weighted by Gasteiger charge is 2.27. The predicted molar refractivity (Wildman–Crippen MR) is 95.0 cm³/mol.